The average molecular weight is 271 g/mol. The molecular formula is C13H19BrO. The lowest BCUT2D eigenvalue weighted by Gasteiger charge is -2.16. The van der Waals surface area contributed by atoms with Crippen LogP contribution in [0.25, 0.3) is 0 Å². The average Bonchev–Trinajstić information content (AvgIpc) is 2.16. The number of hydrogen-bond acceptors (Lipinski definition) is 1. The summed E-state index contributed by atoms with van der Waals surface area (Å²) in [6.45, 7) is 4.50. The Morgan fingerprint density at radius 2 is 2.07 bits per heavy atom. The number of phenolic OH excluding ortho intramolecular Hbond substituents is 1. The molecule has 0 saturated carbocycles. The van der Waals surface area contributed by atoms with E-state index in [1.54, 1.807) is 6.07 Å². The summed E-state index contributed by atoms with van der Waals surface area (Å²) in [5.74, 6) is 1.75. The Kier molecular flexibility index (Phi) is 5.16. The molecule has 0 radical (unpaired) electrons. The zero-order chi connectivity index (χ0) is 11.3. The number of alkyl halides is 1. The number of benzene rings is 1. The van der Waals surface area contributed by atoms with E-state index >= 15 is 0 Å². The van der Waals surface area contributed by atoms with Gasteiger partial charge in [-0.1, -0.05) is 41.9 Å². The molecule has 1 rings (SSSR count). The van der Waals surface area contributed by atoms with Crippen LogP contribution in [0.2, 0.25) is 0 Å². The Morgan fingerprint density at radius 1 is 1.33 bits per heavy atom. The summed E-state index contributed by atoms with van der Waals surface area (Å²) < 4.78 is 0. The summed E-state index contributed by atoms with van der Waals surface area (Å²) in [5, 5.41) is 10.4. The topological polar surface area (TPSA) is 20.2 Å². The van der Waals surface area contributed by atoms with Crippen LogP contribution in [0.4, 0.5) is 0 Å². The van der Waals surface area contributed by atoms with E-state index in [2.05, 4.69) is 35.8 Å². The standard InChI is InChI=1S/C13H19BrO/c1-10(2)6-12(9-14)7-11-4-3-5-13(15)8-11/h3-5,8,10,12,15H,6-7,9H2,1-2H3. The lowest BCUT2D eigenvalue weighted by Crippen LogP contribution is -2.09. The molecule has 0 amide bonds. The Labute approximate surface area is 101 Å². The molecule has 0 heterocycles. The van der Waals surface area contributed by atoms with E-state index in [9.17, 15) is 5.11 Å². The molecule has 1 aromatic rings. The van der Waals surface area contributed by atoms with Gasteiger partial charge in [0.25, 0.3) is 0 Å². The van der Waals surface area contributed by atoms with E-state index < -0.39 is 0 Å². The van der Waals surface area contributed by atoms with Gasteiger partial charge in [-0.2, -0.15) is 0 Å². The van der Waals surface area contributed by atoms with Gasteiger partial charge in [-0.3, -0.25) is 0 Å². The Balaban J connectivity index is 2.58. The van der Waals surface area contributed by atoms with E-state index in [1.807, 2.05) is 12.1 Å². The fourth-order valence-corrected chi connectivity index (χ4v) is 2.38. The molecule has 2 heteroatoms. The van der Waals surface area contributed by atoms with Crippen molar-refractivity contribution >= 4 is 15.9 Å². The maximum absolute atomic E-state index is 9.37. The molecule has 0 bridgehead atoms. The third kappa shape index (κ3) is 4.70. The second kappa shape index (κ2) is 6.16. The molecule has 15 heavy (non-hydrogen) atoms. The van der Waals surface area contributed by atoms with Crippen LogP contribution < -0.4 is 0 Å². The number of aromatic hydroxyl groups is 1. The van der Waals surface area contributed by atoms with Gasteiger partial charge >= 0.3 is 0 Å². The van der Waals surface area contributed by atoms with Gasteiger partial charge in [0, 0.05) is 5.33 Å². The summed E-state index contributed by atoms with van der Waals surface area (Å²) >= 11 is 3.56. The largest absolute Gasteiger partial charge is 0.508 e. The highest BCUT2D eigenvalue weighted by Gasteiger charge is 2.10. The number of halogens is 1. The van der Waals surface area contributed by atoms with Crippen LogP contribution in [-0.2, 0) is 6.42 Å². The molecule has 1 nitrogen and oxygen atoms in total. The van der Waals surface area contributed by atoms with Crippen molar-refractivity contribution < 1.29 is 5.11 Å². The van der Waals surface area contributed by atoms with Crippen molar-refractivity contribution in [2.75, 3.05) is 5.33 Å². The molecular weight excluding hydrogens is 252 g/mol. The van der Waals surface area contributed by atoms with Crippen molar-refractivity contribution in [2.24, 2.45) is 11.8 Å². The summed E-state index contributed by atoms with van der Waals surface area (Å²) in [4.78, 5) is 0. The van der Waals surface area contributed by atoms with Crippen LogP contribution in [0.1, 0.15) is 25.8 Å². The highest BCUT2D eigenvalue weighted by atomic mass is 79.9. The highest BCUT2D eigenvalue weighted by molar-refractivity contribution is 9.09. The lowest BCUT2D eigenvalue weighted by molar-refractivity contribution is 0.442. The second-order valence-electron chi connectivity index (χ2n) is 4.52. The first-order chi connectivity index (χ1) is 7.11. The van der Waals surface area contributed by atoms with Crippen LogP contribution in [0, 0.1) is 11.8 Å². The Bertz CT molecular complexity index is 296. The van der Waals surface area contributed by atoms with Gasteiger partial charge in [-0.15, -0.1) is 0 Å². The van der Waals surface area contributed by atoms with E-state index in [1.165, 1.54) is 12.0 Å². The molecule has 1 unspecified atom stereocenters. The first-order valence-electron chi connectivity index (χ1n) is 5.45. The van der Waals surface area contributed by atoms with E-state index in [0.717, 1.165) is 17.7 Å². The van der Waals surface area contributed by atoms with Crippen LogP contribution in [0.15, 0.2) is 24.3 Å². The number of phenols is 1. The molecule has 0 aromatic heterocycles. The molecule has 0 aliphatic rings. The summed E-state index contributed by atoms with van der Waals surface area (Å²) in [6, 6.07) is 7.56. The van der Waals surface area contributed by atoms with Crippen LogP contribution in [0.3, 0.4) is 0 Å². The summed E-state index contributed by atoms with van der Waals surface area (Å²) in [6.07, 6.45) is 2.26. The zero-order valence-corrected chi connectivity index (χ0v) is 11.0. The van der Waals surface area contributed by atoms with Crippen molar-refractivity contribution in [3.05, 3.63) is 29.8 Å². The third-order valence-electron chi connectivity index (χ3n) is 2.46. The molecule has 0 saturated heterocycles. The molecule has 1 N–H and O–H groups in total. The van der Waals surface area contributed by atoms with E-state index in [4.69, 9.17) is 0 Å². The van der Waals surface area contributed by atoms with Gasteiger partial charge in [-0.05, 0) is 42.4 Å². The summed E-state index contributed by atoms with van der Waals surface area (Å²) in [7, 11) is 0. The molecule has 0 spiro atoms. The SMILES string of the molecule is CC(C)CC(CBr)Cc1cccc(O)c1. The van der Waals surface area contributed by atoms with Crippen molar-refractivity contribution in [3.63, 3.8) is 0 Å². The maximum atomic E-state index is 9.37. The van der Waals surface area contributed by atoms with Gasteiger partial charge < -0.3 is 5.11 Å². The van der Waals surface area contributed by atoms with E-state index in [-0.39, 0.29) is 0 Å². The van der Waals surface area contributed by atoms with Crippen molar-refractivity contribution in [1.29, 1.82) is 0 Å². The highest BCUT2D eigenvalue weighted by Crippen LogP contribution is 2.21. The Morgan fingerprint density at radius 3 is 2.60 bits per heavy atom. The number of rotatable bonds is 5. The van der Waals surface area contributed by atoms with E-state index in [0.29, 0.717) is 11.7 Å². The zero-order valence-electron chi connectivity index (χ0n) is 9.41. The minimum Gasteiger partial charge on any atom is -0.508 e. The second-order valence-corrected chi connectivity index (χ2v) is 5.17. The van der Waals surface area contributed by atoms with Gasteiger partial charge in [0.2, 0.25) is 0 Å². The normalized spacial score (nSPS) is 13.1. The third-order valence-corrected chi connectivity index (χ3v) is 3.37. The minimum atomic E-state index is 0.366. The molecule has 0 fully saturated rings. The molecule has 1 atom stereocenters. The van der Waals surface area contributed by atoms with Gasteiger partial charge in [-0.25, -0.2) is 0 Å². The summed E-state index contributed by atoms with van der Waals surface area (Å²) in [5.41, 5.74) is 1.22. The predicted octanol–water partition coefficient (Wildman–Crippen LogP) is 3.99. The van der Waals surface area contributed by atoms with Gasteiger partial charge in [0.15, 0.2) is 0 Å². The minimum absolute atomic E-state index is 0.366. The van der Waals surface area contributed by atoms with Gasteiger partial charge in [0.1, 0.15) is 5.75 Å². The molecule has 0 aliphatic carbocycles. The molecule has 0 aliphatic heterocycles. The van der Waals surface area contributed by atoms with Crippen LogP contribution >= 0.6 is 15.9 Å². The smallest absolute Gasteiger partial charge is 0.115 e. The first-order valence-corrected chi connectivity index (χ1v) is 6.57. The van der Waals surface area contributed by atoms with Crippen molar-refractivity contribution in [2.45, 2.75) is 26.7 Å². The van der Waals surface area contributed by atoms with Crippen LogP contribution in [-0.4, -0.2) is 10.4 Å². The maximum Gasteiger partial charge on any atom is 0.115 e. The lowest BCUT2D eigenvalue weighted by atomic mass is 9.92. The number of hydrogen-bond donors (Lipinski definition) is 1. The monoisotopic (exact) mass is 270 g/mol. The predicted molar refractivity (Wildman–Crippen MR) is 68.5 cm³/mol. The van der Waals surface area contributed by atoms with Crippen molar-refractivity contribution in [1.82, 2.24) is 0 Å². The van der Waals surface area contributed by atoms with Gasteiger partial charge in [0.05, 0.1) is 0 Å². The van der Waals surface area contributed by atoms with Crippen LogP contribution in [0.5, 0.6) is 5.75 Å². The molecule has 84 valence electrons. The Hall–Kier alpha value is -0.500. The molecule has 1 aromatic carbocycles. The van der Waals surface area contributed by atoms with Crippen molar-refractivity contribution in [3.8, 4) is 5.75 Å². The fourth-order valence-electron chi connectivity index (χ4n) is 1.88. The first kappa shape index (κ1) is 12.6. The quantitative estimate of drug-likeness (QED) is 0.803. The fraction of sp³-hybridized carbons (Fsp3) is 0.538.